The third kappa shape index (κ3) is 6.07. The Hall–Kier alpha value is -4.05. The lowest BCUT2D eigenvalue weighted by Gasteiger charge is -2.38. The summed E-state index contributed by atoms with van der Waals surface area (Å²) >= 11 is 13.0. The summed E-state index contributed by atoms with van der Waals surface area (Å²) in [7, 11) is 0. The number of carbonyl (C=O) groups is 2. The highest BCUT2D eigenvalue weighted by molar-refractivity contribution is 6.43. The molecule has 3 aromatic rings. The van der Waals surface area contributed by atoms with Crippen LogP contribution in [-0.4, -0.2) is 63.1 Å². The van der Waals surface area contributed by atoms with Crippen LogP contribution in [0.15, 0.2) is 24.3 Å². The van der Waals surface area contributed by atoms with E-state index in [0.29, 0.717) is 50.9 Å². The molecule has 6 atom stereocenters. The number of fused-ring (bicyclic) bond motifs is 3. The number of hydrogen-bond acceptors (Lipinski definition) is 6. The maximum Gasteiger partial charge on any atom is 0.410 e. The molecule has 2 amide bonds. The van der Waals surface area contributed by atoms with Crippen molar-refractivity contribution in [2.45, 2.75) is 102 Å². The summed E-state index contributed by atoms with van der Waals surface area (Å²) in [5.41, 5.74) is 2.64. The van der Waals surface area contributed by atoms with E-state index in [-0.39, 0.29) is 76.9 Å². The van der Waals surface area contributed by atoms with Crippen LogP contribution in [-0.2, 0) is 16.0 Å². The molecular formula is C40H40Cl2FN5O3. The van der Waals surface area contributed by atoms with Gasteiger partial charge in [0.2, 0.25) is 5.91 Å². The predicted molar refractivity (Wildman–Crippen MR) is 195 cm³/mol. The first kappa shape index (κ1) is 34.1. The SMILES string of the molecule is Cc1nc2c(F)c(-c3cccc(Cl)c3Cl)c(CCC#N)cc2c(NC2C3CC2N(C(=O)OC(C)(C)C)C3)c1C#CC1CC2CC2N1C(=O)C1CC1. The zero-order chi connectivity index (χ0) is 35.9. The number of carbonyl (C=O) groups excluding carboxylic acids is 2. The van der Waals surface area contributed by atoms with Gasteiger partial charge in [0.1, 0.15) is 11.1 Å². The van der Waals surface area contributed by atoms with Gasteiger partial charge in [0.25, 0.3) is 0 Å². The number of likely N-dealkylation sites (tertiary alicyclic amines) is 1. The van der Waals surface area contributed by atoms with Crippen molar-refractivity contribution in [1.29, 1.82) is 5.26 Å². The molecule has 1 aromatic heterocycles. The number of halogens is 3. The molecule has 3 saturated heterocycles. The topological polar surface area (TPSA) is 98.6 Å². The van der Waals surface area contributed by atoms with Crippen molar-refractivity contribution in [1.82, 2.24) is 14.8 Å². The molecule has 3 saturated carbocycles. The second-order valence-corrected chi connectivity index (χ2v) is 16.6. The Kier molecular flexibility index (Phi) is 8.39. The van der Waals surface area contributed by atoms with E-state index in [1.54, 1.807) is 23.1 Å². The minimum absolute atomic E-state index is 0.102. The van der Waals surface area contributed by atoms with Gasteiger partial charge in [-0.25, -0.2) is 14.2 Å². The number of nitriles is 1. The number of amides is 2. The third-order valence-corrected chi connectivity index (χ3v) is 11.9. The van der Waals surface area contributed by atoms with E-state index in [0.717, 1.165) is 32.1 Å². The average molecular weight is 729 g/mol. The molecular weight excluding hydrogens is 688 g/mol. The van der Waals surface area contributed by atoms with Crippen molar-refractivity contribution in [3.05, 3.63) is 56.9 Å². The highest BCUT2D eigenvalue weighted by Gasteiger charge is 2.56. The standard InChI is InChI=1S/C40H40Cl2FN5O3/c1-20-26(13-12-25-15-23-17-30(23)48(25)38(49)21-10-11-21)36(46-35-24-18-31(35)47(19-24)39(50)51-40(2,3)4)28-16-22(7-6-14-44)32(34(43)37(28)45-20)27-8-5-9-29(41)33(27)42/h5,8-9,16,21,23-25,30-31,35H,6-7,10-11,15,17-19H2,1-4H3,(H,45,46). The Balaban J connectivity index is 1.25. The smallest absolute Gasteiger partial charge is 0.410 e. The van der Waals surface area contributed by atoms with Gasteiger partial charge < -0.3 is 19.9 Å². The maximum atomic E-state index is 17.0. The molecule has 4 heterocycles. The van der Waals surface area contributed by atoms with Gasteiger partial charge in [-0.15, -0.1) is 0 Å². The van der Waals surface area contributed by atoms with Crippen LogP contribution in [0.4, 0.5) is 14.9 Å². The summed E-state index contributed by atoms with van der Waals surface area (Å²) in [5, 5.41) is 14.3. The maximum absolute atomic E-state index is 17.0. The van der Waals surface area contributed by atoms with Gasteiger partial charge in [-0.05, 0) is 89.8 Å². The molecule has 51 heavy (non-hydrogen) atoms. The molecule has 0 spiro atoms. The number of hydrogen-bond donors (Lipinski definition) is 1. The molecule has 2 aromatic carbocycles. The zero-order valence-electron chi connectivity index (χ0n) is 29.2. The van der Waals surface area contributed by atoms with Crippen LogP contribution in [0.1, 0.15) is 76.1 Å². The number of rotatable bonds is 6. The number of nitrogens with zero attached hydrogens (tertiary/aromatic N) is 4. The van der Waals surface area contributed by atoms with E-state index in [9.17, 15) is 14.9 Å². The van der Waals surface area contributed by atoms with Crippen LogP contribution in [0.2, 0.25) is 10.0 Å². The van der Waals surface area contributed by atoms with Crippen molar-refractivity contribution in [2.24, 2.45) is 17.8 Å². The molecule has 9 rings (SSSR count). The molecule has 8 nitrogen and oxygen atoms in total. The Labute approximate surface area is 307 Å². The minimum atomic E-state index is -0.620. The van der Waals surface area contributed by atoms with E-state index in [1.807, 2.05) is 38.7 Å². The Morgan fingerprint density at radius 2 is 1.90 bits per heavy atom. The largest absolute Gasteiger partial charge is 0.444 e. The molecule has 0 radical (unpaired) electrons. The second kappa shape index (κ2) is 12.6. The van der Waals surface area contributed by atoms with Gasteiger partial charge in [-0.2, -0.15) is 5.26 Å². The lowest BCUT2D eigenvalue weighted by molar-refractivity contribution is -0.133. The zero-order valence-corrected chi connectivity index (χ0v) is 30.7. The molecule has 3 aliphatic heterocycles. The van der Waals surface area contributed by atoms with E-state index in [4.69, 9.17) is 32.9 Å². The van der Waals surface area contributed by atoms with Gasteiger partial charge in [0, 0.05) is 47.4 Å². The fourth-order valence-electron chi connectivity index (χ4n) is 8.34. The molecule has 6 unspecified atom stereocenters. The third-order valence-electron chi connectivity index (χ3n) is 11.1. The predicted octanol–water partition coefficient (Wildman–Crippen LogP) is 8.28. The molecule has 6 fully saturated rings. The fraction of sp³-hybridized carbons (Fsp3) is 0.500. The quantitative estimate of drug-likeness (QED) is 0.257. The number of aryl methyl sites for hydroxylation is 2. The Morgan fingerprint density at radius 1 is 1.14 bits per heavy atom. The number of ether oxygens (including phenoxy) is 1. The monoisotopic (exact) mass is 727 g/mol. The number of pyridine rings is 1. The number of nitrogens with one attached hydrogen (secondary N) is 1. The summed E-state index contributed by atoms with van der Waals surface area (Å²) in [6, 6.07) is 9.07. The average Bonchev–Trinajstić information content (AvgIpc) is 3.95. The highest BCUT2D eigenvalue weighted by Crippen LogP contribution is 2.50. The van der Waals surface area contributed by atoms with Crippen LogP contribution >= 0.6 is 23.2 Å². The summed E-state index contributed by atoms with van der Waals surface area (Å²) in [4.78, 5) is 35.1. The van der Waals surface area contributed by atoms with Crippen LogP contribution in [0.3, 0.4) is 0 Å². The Morgan fingerprint density at radius 3 is 2.63 bits per heavy atom. The molecule has 6 aliphatic rings. The van der Waals surface area contributed by atoms with Crippen molar-refractivity contribution in [2.75, 3.05) is 11.9 Å². The molecule has 3 aliphatic carbocycles. The molecule has 2 bridgehead atoms. The van der Waals surface area contributed by atoms with Crippen LogP contribution in [0.5, 0.6) is 0 Å². The van der Waals surface area contributed by atoms with Crippen molar-refractivity contribution >= 4 is 51.8 Å². The summed E-state index contributed by atoms with van der Waals surface area (Å²) in [6.07, 6.45) is 4.72. The van der Waals surface area contributed by atoms with Gasteiger partial charge in [0.05, 0.1) is 51.2 Å². The van der Waals surface area contributed by atoms with E-state index < -0.39 is 11.4 Å². The molecule has 1 N–H and O–H groups in total. The second-order valence-electron chi connectivity index (χ2n) is 15.8. The van der Waals surface area contributed by atoms with E-state index in [2.05, 4.69) is 23.2 Å². The first-order chi connectivity index (χ1) is 24.3. The van der Waals surface area contributed by atoms with Crippen LogP contribution in [0.25, 0.3) is 22.0 Å². The Bertz CT molecular complexity index is 2090. The summed E-state index contributed by atoms with van der Waals surface area (Å²) in [6.45, 7) is 7.95. The molecule has 11 heteroatoms. The first-order valence-corrected chi connectivity index (χ1v) is 18.7. The minimum Gasteiger partial charge on any atom is -0.444 e. The van der Waals surface area contributed by atoms with Crippen LogP contribution in [0, 0.1) is 53.7 Å². The van der Waals surface area contributed by atoms with Gasteiger partial charge in [0.15, 0.2) is 5.82 Å². The van der Waals surface area contributed by atoms with E-state index in [1.165, 1.54) is 0 Å². The van der Waals surface area contributed by atoms with Crippen molar-refractivity contribution in [3.63, 3.8) is 0 Å². The number of aromatic nitrogens is 1. The fourth-order valence-corrected chi connectivity index (χ4v) is 8.73. The number of anilines is 1. The summed E-state index contributed by atoms with van der Waals surface area (Å²) < 4.78 is 22.8. The lowest BCUT2D eigenvalue weighted by Crippen LogP contribution is -2.50. The normalized spacial score (nSPS) is 25.8. The van der Waals surface area contributed by atoms with Crippen LogP contribution < -0.4 is 5.32 Å². The van der Waals surface area contributed by atoms with E-state index >= 15 is 4.39 Å². The molecule has 264 valence electrons. The van der Waals surface area contributed by atoms with Crippen molar-refractivity contribution in [3.8, 4) is 29.0 Å². The van der Waals surface area contributed by atoms with Crippen molar-refractivity contribution < 1.29 is 18.7 Å². The lowest BCUT2D eigenvalue weighted by atomic mass is 9.79. The first-order valence-electron chi connectivity index (χ1n) is 17.9. The highest BCUT2D eigenvalue weighted by atomic mass is 35.5. The summed E-state index contributed by atoms with van der Waals surface area (Å²) in [5.74, 6) is 7.34. The van der Waals surface area contributed by atoms with Gasteiger partial charge in [-0.1, -0.05) is 47.2 Å². The number of benzene rings is 2. The van der Waals surface area contributed by atoms with Gasteiger partial charge in [-0.3, -0.25) is 4.79 Å². The number of piperidine rings is 1. The van der Waals surface area contributed by atoms with Gasteiger partial charge >= 0.3 is 6.09 Å².